The van der Waals surface area contributed by atoms with Crippen LogP contribution in [-0.2, 0) is 16.1 Å². The van der Waals surface area contributed by atoms with E-state index in [-0.39, 0.29) is 17.0 Å². The van der Waals surface area contributed by atoms with Crippen molar-refractivity contribution in [3.8, 4) is 5.75 Å². The van der Waals surface area contributed by atoms with E-state index in [0.717, 1.165) is 11.3 Å². The van der Waals surface area contributed by atoms with E-state index in [4.69, 9.17) is 15.2 Å². The van der Waals surface area contributed by atoms with Gasteiger partial charge >= 0.3 is 5.97 Å². The number of hydrogen-bond donors (Lipinski definition) is 1. The van der Waals surface area contributed by atoms with Crippen LogP contribution in [0.1, 0.15) is 29.7 Å². The molecule has 2 aromatic rings. The number of fused-ring (bicyclic) bond motifs is 1. The number of benzene rings is 1. The van der Waals surface area contributed by atoms with Crippen LogP contribution in [0.4, 0.5) is 0 Å². The molecule has 0 fully saturated rings. The lowest BCUT2D eigenvalue weighted by Crippen LogP contribution is -2.34. The second-order valence-electron chi connectivity index (χ2n) is 5.83. The summed E-state index contributed by atoms with van der Waals surface area (Å²) in [6.45, 7) is 4.25. The van der Waals surface area contributed by atoms with Crippen LogP contribution in [-0.4, -0.2) is 17.6 Å². The molecule has 1 aromatic carbocycles. The van der Waals surface area contributed by atoms with Crippen LogP contribution in [0.3, 0.4) is 0 Å². The van der Waals surface area contributed by atoms with E-state index in [1.807, 2.05) is 44.2 Å². The number of hydrogen-bond acceptors (Lipinski definition) is 5. The first-order chi connectivity index (χ1) is 12.0. The highest BCUT2D eigenvalue weighted by Crippen LogP contribution is 2.41. The van der Waals surface area contributed by atoms with Crippen LogP contribution in [0, 0.1) is 6.92 Å². The lowest BCUT2D eigenvalue weighted by molar-refractivity contribution is -0.136. The molecule has 2 heterocycles. The largest absolute Gasteiger partial charge is 0.465 e. The molecular formula is C19H20N2O4. The predicted molar refractivity (Wildman–Crippen MR) is 93.3 cm³/mol. The number of ether oxygens (including phenoxy) is 2. The summed E-state index contributed by atoms with van der Waals surface area (Å²) in [5, 5.41) is 0. The van der Waals surface area contributed by atoms with Crippen molar-refractivity contribution in [3.05, 3.63) is 75.0 Å². The molecule has 2 N–H and O–H groups in total. The topological polar surface area (TPSA) is 83.5 Å². The molecule has 0 saturated carbocycles. The molecule has 1 atom stereocenters. The number of carbonyl (C=O) groups is 1. The van der Waals surface area contributed by atoms with Crippen molar-refractivity contribution in [3.63, 3.8) is 0 Å². The van der Waals surface area contributed by atoms with Gasteiger partial charge in [0, 0.05) is 18.3 Å². The SMILES string of the molecule is CCn1c(C)cc2c(c1=O)[C@@H](c1ccccc1)C(C(=O)OC)=C(N)O2. The Kier molecular flexibility index (Phi) is 4.35. The monoisotopic (exact) mass is 340 g/mol. The molecule has 1 aliphatic heterocycles. The smallest absolute Gasteiger partial charge is 0.340 e. The number of rotatable bonds is 3. The second kappa shape index (κ2) is 6.47. The van der Waals surface area contributed by atoms with Gasteiger partial charge in [-0.3, -0.25) is 4.79 Å². The Hall–Kier alpha value is -3.02. The van der Waals surface area contributed by atoms with E-state index in [1.54, 1.807) is 10.6 Å². The summed E-state index contributed by atoms with van der Waals surface area (Å²) in [4.78, 5) is 25.4. The van der Waals surface area contributed by atoms with Gasteiger partial charge < -0.3 is 19.8 Å². The van der Waals surface area contributed by atoms with Crippen molar-refractivity contribution in [2.75, 3.05) is 7.11 Å². The molecular weight excluding hydrogens is 320 g/mol. The number of carbonyl (C=O) groups excluding carboxylic acids is 1. The number of nitrogens with zero attached hydrogens (tertiary/aromatic N) is 1. The first kappa shape index (κ1) is 16.8. The molecule has 1 aliphatic rings. The lowest BCUT2D eigenvalue weighted by Gasteiger charge is -2.28. The minimum absolute atomic E-state index is 0.0405. The van der Waals surface area contributed by atoms with Gasteiger partial charge in [0.25, 0.3) is 5.56 Å². The maximum Gasteiger partial charge on any atom is 0.340 e. The Bertz CT molecular complexity index is 913. The fraction of sp³-hybridized carbons (Fsp3) is 0.263. The molecule has 1 aromatic heterocycles. The fourth-order valence-electron chi connectivity index (χ4n) is 3.27. The van der Waals surface area contributed by atoms with E-state index in [0.29, 0.717) is 17.9 Å². The Morgan fingerprint density at radius 3 is 2.60 bits per heavy atom. The van der Waals surface area contributed by atoms with Gasteiger partial charge in [-0.2, -0.15) is 0 Å². The summed E-state index contributed by atoms with van der Waals surface area (Å²) >= 11 is 0. The zero-order valence-electron chi connectivity index (χ0n) is 14.4. The summed E-state index contributed by atoms with van der Waals surface area (Å²) < 4.78 is 12.2. The van der Waals surface area contributed by atoms with Crippen LogP contribution in [0.15, 0.2) is 52.6 Å². The van der Waals surface area contributed by atoms with E-state index < -0.39 is 11.9 Å². The molecule has 130 valence electrons. The van der Waals surface area contributed by atoms with Crippen LogP contribution >= 0.6 is 0 Å². The Labute approximate surface area is 145 Å². The van der Waals surface area contributed by atoms with E-state index >= 15 is 0 Å². The van der Waals surface area contributed by atoms with Gasteiger partial charge in [0.2, 0.25) is 5.88 Å². The standard InChI is InChI=1S/C19H20N2O4/c1-4-21-11(2)10-13-15(18(21)22)14(12-8-6-5-7-9-12)16(17(20)25-13)19(23)24-3/h5-10,14H,4,20H2,1-3H3/t14-/m1/s1. The molecule has 0 radical (unpaired) electrons. The molecule has 0 bridgehead atoms. The molecule has 3 rings (SSSR count). The molecule has 0 aliphatic carbocycles. The van der Waals surface area contributed by atoms with Gasteiger partial charge in [-0.15, -0.1) is 0 Å². The van der Waals surface area contributed by atoms with Crippen molar-refractivity contribution in [2.45, 2.75) is 26.3 Å². The number of nitrogens with two attached hydrogens (primary N) is 1. The zero-order chi connectivity index (χ0) is 18.1. The average Bonchev–Trinajstić information content (AvgIpc) is 2.61. The average molecular weight is 340 g/mol. The quantitative estimate of drug-likeness (QED) is 0.865. The number of aryl methyl sites for hydroxylation is 1. The Morgan fingerprint density at radius 2 is 2.00 bits per heavy atom. The third kappa shape index (κ3) is 2.69. The van der Waals surface area contributed by atoms with Crippen LogP contribution in [0.25, 0.3) is 0 Å². The normalized spacial score (nSPS) is 16.2. The molecule has 6 nitrogen and oxygen atoms in total. The fourth-order valence-corrected chi connectivity index (χ4v) is 3.27. The molecule has 0 unspecified atom stereocenters. The summed E-state index contributed by atoms with van der Waals surface area (Å²) in [5.74, 6) is -0.907. The van der Waals surface area contributed by atoms with Gasteiger partial charge in [0.15, 0.2) is 0 Å². The van der Waals surface area contributed by atoms with Crippen LogP contribution in [0.2, 0.25) is 0 Å². The maximum absolute atomic E-state index is 13.1. The summed E-state index contributed by atoms with van der Waals surface area (Å²) in [5.41, 5.74) is 7.91. The third-order valence-electron chi connectivity index (χ3n) is 4.42. The van der Waals surface area contributed by atoms with E-state index in [2.05, 4.69) is 0 Å². The molecule has 0 saturated heterocycles. The van der Waals surface area contributed by atoms with Crippen molar-refractivity contribution < 1.29 is 14.3 Å². The highest BCUT2D eigenvalue weighted by Gasteiger charge is 2.37. The maximum atomic E-state index is 13.1. The summed E-state index contributed by atoms with van der Waals surface area (Å²) in [6.07, 6.45) is 0. The van der Waals surface area contributed by atoms with Crippen LogP contribution in [0.5, 0.6) is 5.75 Å². The predicted octanol–water partition coefficient (Wildman–Crippen LogP) is 2.04. The molecule has 0 spiro atoms. The Morgan fingerprint density at radius 1 is 1.32 bits per heavy atom. The first-order valence-corrected chi connectivity index (χ1v) is 8.04. The molecule has 6 heteroatoms. The Balaban J connectivity index is 2.35. The van der Waals surface area contributed by atoms with Gasteiger partial charge in [-0.05, 0) is 19.4 Å². The minimum Gasteiger partial charge on any atom is -0.465 e. The number of methoxy groups -OCH3 is 1. The third-order valence-corrected chi connectivity index (χ3v) is 4.42. The highest BCUT2D eigenvalue weighted by molar-refractivity contribution is 5.92. The summed E-state index contributed by atoms with van der Waals surface area (Å²) in [7, 11) is 1.28. The molecule has 25 heavy (non-hydrogen) atoms. The second-order valence-corrected chi connectivity index (χ2v) is 5.83. The first-order valence-electron chi connectivity index (χ1n) is 8.04. The number of pyridine rings is 1. The minimum atomic E-state index is -0.636. The van der Waals surface area contributed by atoms with Crippen molar-refractivity contribution >= 4 is 5.97 Å². The number of aromatic nitrogens is 1. The van der Waals surface area contributed by atoms with Crippen molar-refractivity contribution in [2.24, 2.45) is 5.73 Å². The summed E-state index contributed by atoms with van der Waals surface area (Å²) in [6, 6.07) is 11.0. The molecule has 0 amide bonds. The highest BCUT2D eigenvalue weighted by atomic mass is 16.5. The van der Waals surface area contributed by atoms with Crippen LogP contribution < -0.4 is 16.0 Å². The van der Waals surface area contributed by atoms with Gasteiger partial charge in [-0.25, -0.2) is 4.79 Å². The zero-order valence-corrected chi connectivity index (χ0v) is 14.4. The van der Waals surface area contributed by atoms with Crippen molar-refractivity contribution in [1.29, 1.82) is 0 Å². The van der Waals surface area contributed by atoms with Gasteiger partial charge in [-0.1, -0.05) is 30.3 Å². The lowest BCUT2D eigenvalue weighted by atomic mass is 9.83. The number of esters is 1. The van der Waals surface area contributed by atoms with E-state index in [1.165, 1.54) is 7.11 Å². The van der Waals surface area contributed by atoms with Gasteiger partial charge in [0.05, 0.1) is 18.6 Å². The van der Waals surface area contributed by atoms with Crippen molar-refractivity contribution in [1.82, 2.24) is 4.57 Å². The van der Waals surface area contributed by atoms with Gasteiger partial charge in [0.1, 0.15) is 11.3 Å². The van der Waals surface area contributed by atoms with E-state index in [9.17, 15) is 9.59 Å².